The molecule has 0 aliphatic heterocycles. The van der Waals surface area contributed by atoms with Gasteiger partial charge in [0.25, 0.3) is 5.91 Å². The quantitative estimate of drug-likeness (QED) is 0.532. The summed E-state index contributed by atoms with van der Waals surface area (Å²) in [4.78, 5) is 13.1. The summed E-state index contributed by atoms with van der Waals surface area (Å²) < 4.78 is 55.9. The minimum atomic E-state index is -4.74. The highest BCUT2D eigenvalue weighted by Crippen LogP contribution is 2.34. The van der Waals surface area contributed by atoms with Gasteiger partial charge in [-0.1, -0.05) is 27.9 Å². The maximum Gasteiger partial charge on any atom is 0.416 e. The Balaban J connectivity index is 1.81. The Bertz CT molecular complexity index is 977. The highest BCUT2D eigenvalue weighted by Gasteiger charge is 2.31. The van der Waals surface area contributed by atoms with Crippen molar-refractivity contribution >= 4 is 46.5 Å². The zero-order chi connectivity index (χ0) is 19.6. The van der Waals surface area contributed by atoms with Gasteiger partial charge in [0.15, 0.2) is 5.69 Å². The summed E-state index contributed by atoms with van der Waals surface area (Å²) in [7, 11) is 0. The average molecular weight is 434 g/mol. The molecule has 3 rings (SSSR count). The van der Waals surface area contributed by atoms with Crippen molar-refractivity contribution in [3.63, 3.8) is 0 Å². The van der Waals surface area contributed by atoms with Gasteiger partial charge in [-0.3, -0.25) is 4.79 Å². The third-order valence-corrected chi connectivity index (χ3v) is 5.31. The molecule has 0 aliphatic rings. The van der Waals surface area contributed by atoms with Crippen LogP contribution in [0.1, 0.15) is 16.1 Å². The van der Waals surface area contributed by atoms with Gasteiger partial charge in [0, 0.05) is 15.6 Å². The van der Waals surface area contributed by atoms with Crippen LogP contribution in [0.2, 0.25) is 5.02 Å². The van der Waals surface area contributed by atoms with Crippen LogP contribution in [-0.2, 0) is 6.18 Å². The van der Waals surface area contributed by atoms with Gasteiger partial charge in [-0.25, -0.2) is 4.39 Å². The number of alkyl halides is 3. The minimum absolute atomic E-state index is 0.0715. The van der Waals surface area contributed by atoms with E-state index in [-0.39, 0.29) is 11.4 Å². The van der Waals surface area contributed by atoms with Gasteiger partial charge >= 0.3 is 6.18 Å². The van der Waals surface area contributed by atoms with Crippen molar-refractivity contribution in [2.24, 2.45) is 0 Å². The first-order chi connectivity index (χ1) is 12.7. The molecule has 0 aliphatic carbocycles. The Morgan fingerprint density at radius 2 is 1.85 bits per heavy atom. The molecule has 0 bridgehead atoms. The van der Waals surface area contributed by atoms with Crippen molar-refractivity contribution in [1.82, 2.24) is 9.59 Å². The molecular formula is C16H8ClF4N3OS2. The van der Waals surface area contributed by atoms with E-state index in [0.29, 0.717) is 21.4 Å². The normalized spacial score (nSPS) is 11.4. The van der Waals surface area contributed by atoms with Gasteiger partial charge < -0.3 is 5.32 Å². The number of benzene rings is 2. The maximum atomic E-state index is 13.5. The van der Waals surface area contributed by atoms with Crippen LogP contribution in [-0.4, -0.2) is 15.5 Å². The van der Waals surface area contributed by atoms with E-state index in [2.05, 4.69) is 14.9 Å². The molecule has 0 fully saturated rings. The second-order valence-corrected chi connectivity index (χ2v) is 7.68. The van der Waals surface area contributed by atoms with Gasteiger partial charge in [0.2, 0.25) is 0 Å². The number of amides is 1. The molecule has 4 nitrogen and oxygen atoms in total. The SMILES string of the molecule is O=C(Nc1cc(F)cc(C(F)(F)F)c1)c1nnsc1Sc1ccc(Cl)cc1. The van der Waals surface area contributed by atoms with Crippen LogP contribution in [0.25, 0.3) is 0 Å². The second kappa shape index (κ2) is 7.83. The zero-order valence-corrected chi connectivity index (χ0v) is 15.4. The van der Waals surface area contributed by atoms with Crippen LogP contribution in [0.4, 0.5) is 23.2 Å². The number of nitrogens with zero attached hydrogens (tertiary/aromatic N) is 2. The average Bonchev–Trinajstić information content (AvgIpc) is 3.04. The lowest BCUT2D eigenvalue weighted by molar-refractivity contribution is -0.137. The highest BCUT2D eigenvalue weighted by atomic mass is 35.5. The van der Waals surface area contributed by atoms with Crippen molar-refractivity contribution in [3.05, 3.63) is 64.6 Å². The Hall–Kier alpha value is -2.17. The lowest BCUT2D eigenvalue weighted by Gasteiger charge is -2.10. The summed E-state index contributed by atoms with van der Waals surface area (Å²) >= 11 is 7.97. The van der Waals surface area contributed by atoms with Gasteiger partial charge in [0.05, 0.1) is 5.56 Å². The summed E-state index contributed by atoms with van der Waals surface area (Å²) in [6, 6.07) is 8.59. The highest BCUT2D eigenvalue weighted by molar-refractivity contribution is 8.01. The number of carbonyl (C=O) groups is 1. The standard InChI is InChI=1S/C16H8ClF4N3OS2/c17-9-1-3-12(4-2-9)26-15-13(23-24-27-15)14(25)22-11-6-8(16(19,20)21)5-10(18)7-11/h1-7H,(H,22,25). The van der Waals surface area contributed by atoms with Gasteiger partial charge in [-0.05, 0) is 54.0 Å². The number of halogens is 5. The molecule has 0 saturated carbocycles. The monoisotopic (exact) mass is 433 g/mol. The second-order valence-electron chi connectivity index (χ2n) is 5.15. The summed E-state index contributed by atoms with van der Waals surface area (Å²) in [6.45, 7) is 0. The fourth-order valence-corrected chi connectivity index (χ4v) is 3.81. The molecule has 0 unspecified atom stereocenters. The molecule has 140 valence electrons. The fourth-order valence-electron chi connectivity index (χ4n) is 2.01. The molecule has 0 spiro atoms. The molecule has 0 atom stereocenters. The third kappa shape index (κ3) is 4.96. The molecule has 1 aromatic heterocycles. The van der Waals surface area contributed by atoms with Gasteiger partial charge in [0.1, 0.15) is 10.0 Å². The van der Waals surface area contributed by atoms with E-state index in [0.717, 1.165) is 22.5 Å². The number of hydrogen-bond acceptors (Lipinski definition) is 5. The largest absolute Gasteiger partial charge is 0.416 e. The number of anilines is 1. The third-order valence-electron chi connectivity index (χ3n) is 3.18. The van der Waals surface area contributed by atoms with E-state index in [1.165, 1.54) is 11.8 Å². The molecule has 2 aromatic carbocycles. The molecule has 0 radical (unpaired) electrons. The van der Waals surface area contributed by atoms with E-state index < -0.39 is 23.5 Å². The molecule has 27 heavy (non-hydrogen) atoms. The van der Waals surface area contributed by atoms with E-state index in [4.69, 9.17) is 11.6 Å². The van der Waals surface area contributed by atoms with Crippen molar-refractivity contribution in [1.29, 1.82) is 0 Å². The van der Waals surface area contributed by atoms with Crippen LogP contribution in [0.15, 0.2) is 51.6 Å². The van der Waals surface area contributed by atoms with E-state index in [9.17, 15) is 22.4 Å². The van der Waals surface area contributed by atoms with Crippen molar-refractivity contribution in [2.45, 2.75) is 15.3 Å². The van der Waals surface area contributed by atoms with Gasteiger partial charge in [-0.2, -0.15) is 13.2 Å². The van der Waals surface area contributed by atoms with Crippen LogP contribution in [0.5, 0.6) is 0 Å². The molecule has 1 N–H and O–H groups in total. The smallest absolute Gasteiger partial charge is 0.320 e. The van der Waals surface area contributed by atoms with E-state index in [1.54, 1.807) is 24.3 Å². The molecular weight excluding hydrogens is 426 g/mol. The zero-order valence-electron chi connectivity index (χ0n) is 13.1. The number of rotatable bonds is 4. The number of aromatic nitrogens is 2. The topological polar surface area (TPSA) is 54.9 Å². The van der Waals surface area contributed by atoms with E-state index in [1.807, 2.05) is 0 Å². The Labute approximate surface area is 163 Å². The van der Waals surface area contributed by atoms with E-state index >= 15 is 0 Å². The summed E-state index contributed by atoms with van der Waals surface area (Å²) in [5.41, 5.74) is -1.61. The first-order valence-corrected chi connectivity index (χ1v) is 9.14. The summed E-state index contributed by atoms with van der Waals surface area (Å²) in [6.07, 6.45) is -4.74. The Morgan fingerprint density at radius 1 is 1.15 bits per heavy atom. The number of nitrogens with one attached hydrogen (secondary N) is 1. The van der Waals surface area contributed by atoms with Crippen molar-refractivity contribution < 1.29 is 22.4 Å². The molecule has 11 heteroatoms. The first kappa shape index (κ1) is 19.6. The predicted octanol–water partition coefficient (Wildman–Crippen LogP) is 5.75. The lowest BCUT2D eigenvalue weighted by atomic mass is 10.2. The fraction of sp³-hybridized carbons (Fsp3) is 0.0625. The van der Waals surface area contributed by atoms with Gasteiger partial charge in [-0.15, -0.1) is 5.10 Å². The number of carbonyl (C=O) groups excluding carboxylic acids is 1. The van der Waals surface area contributed by atoms with Crippen LogP contribution < -0.4 is 5.32 Å². The molecule has 1 amide bonds. The first-order valence-electron chi connectivity index (χ1n) is 7.17. The van der Waals surface area contributed by atoms with Crippen molar-refractivity contribution in [2.75, 3.05) is 5.32 Å². The summed E-state index contributed by atoms with van der Waals surface area (Å²) in [5, 5.41) is 6.48. The lowest BCUT2D eigenvalue weighted by Crippen LogP contribution is -2.15. The van der Waals surface area contributed by atoms with Crippen LogP contribution in [0.3, 0.4) is 0 Å². The summed E-state index contributed by atoms with van der Waals surface area (Å²) in [5.74, 6) is -1.91. The predicted molar refractivity (Wildman–Crippen MR) is 94.8 cm³/mol. The Morgan fingerprint density at radius 3 is 2.52 bits per heavy atom. The van der Waals surface area contributed by atoms with Crippen LogP contribution >= 0.6 is 34.9 Å². The molecule has 1 heterocycles. The van der Waals surface area contributed by atoms with Crippen molar-refractivity contribution in [3.8, 4) is 0 Å². The van der Waals surface area contributed by atoms with Crippen LogP contribution in [0, 0.1) is 5.82 Å². The molecule has 0 saturated heterocycles. The molecule has 3 aromatic rings. The Kier molecular flexibility index (Phi) is 5.68. The number of hydrogen-bond donors (Lipinski definition) is 1. The minimum Gasteiger partial charge on any atom is -0.320 e. The maximum absolute atomic E-state index is 13.5.